The van der Waals surface area contributed by atoms with E-state index < -0.39 is 15.9 Å². The summed E-state index contributed by atoms with van der Waals surface area (Å²) in [5.74, 6) is -0.466. The summed E-state index contributed by atoms with van der Waals surface area (Å²) < 4.78 is 28.4. The van der Waals surface area contributed by atoms with Crippen molar-refractivity contribution < 1.29 is 13.2 Å². The zero-order valence-corrected chi connectivity index (χ0v) is 19.5. The number of hydrogen-bond acceptors (Lipinski definition) is 3. The average molecular weight is 528 g/mol. The van der Waals surface area contributed by atoms with Crippen LogP contribution in [0.3, 0.4) is 0 Å². The van der Waals surface area contributed by atoms with Gasteiger partial charge in [0.2, 0.25) is 15.9 Å². The highest BCUT2D eigenvalue weighted by Gasteiger charge is 2.27. The smallest absolute Gasteiger partial charge is 0.243 e. The Morgan fingerprint density at radius 3 is 1.97 bits per heavy atom. The van der Waals surface area contributed by atoms with E-state index in [0.29, 0.717) is 21.3 Å². The quantitative estimate of drug-likeness (QED) is 0.435. The summed E-state index contributed by atoms with van der Waals surface area (Å²) >= 11 is 15.1. The molecule has 1 N–H and O–H groups in total. The van der Waals surface area contributed by atoms with E-state index in [2.05, 4.69) is 21.2 Å². The van der Waals surface area contributed by atoms with Crippen LogP contribution in [0.25, 0.3) is 0 Å². The normalized spacial score (nSPS) is 11.5. The van der Waals surface area contributed by atoms with Gasteiger partial charge in [-0.3, -0.25) is 4.79 Å². The van der Waals surface area contributed by atoms with Crippen molar-refractivity contribution in [2.24, 2.45) is 0 Å². The molecule has 3 aromatic rings. The van der Waals surface area contributed by atoms with Gasteiger partial charge in [0.15, 0.2) is 0 Å². The monoisotopic (exact) mass is 526 g/mol. The van der Waals surface area contributed by atoms with Crippen LogP contribution in [0.15, 0.2) is 82.2 Å². The fourth-order valence-electron chi connectivity index (χ4n) is 2.67. The van der Waals surface area contributed by atoms with Crippen LogP contribution in [0.2, 0.25) is 10.0 Å². The van der Waals surface area contributed by atoms with E-state index in [0.717, 1.165) is 8.78 Å². The number of halogens is 3. The number of benzene rings is 3. The lowest BCUT2D eigenvalue weighted by Crippen LogP contribution is -2.37. The van der Waals surface area contributed by atoms with Gasteiger partial charge >= 0.3 is 0 Å². The van der Waals surface area contributed by atoms with E-state index in [1.165, 1.54) is 12.1 Å². The van der Waals surface area contributed by atoms with Crippen molar-refractivity contribution in [3.05, 3.63) is 92.9 Å². The highest BCUT2D eigenvalue weighted by Crippen LogP contribution is 2.22. The lowest BCUT2D eigenvalue weighted by atomic mass is 10.2. The second kappa shape index (κ2) is 9.94. The van der Waals surface area contributed by atoms with Crippen LogP contribution in [-0.2, 0) is 21.4 Å². The Labute approximate surface area is 193 Å². The molecule has 0 aromatic heterocycles. The van der Waals surface area contributed by atoms with E-state index in [4.69, 9.17) is 23.2 Å². The summed E-state index contributed by atoms with van der Waals surface area (Å²) in [5, 5.41) is 3.78. The number of sulfonamides is 1. The van der Waals surface area contributed by atoms with Gasteiger partial charge in [-0.1, -0.05) is 51.3 Å². The number of carbonyl (C=O) groups is 1. The van der Waals surface area contributed by atoms with Crippen LogP contribution in [0.4, 0.5) is 5.69 Å². The van der Waals surface area contributed by atoms with Crippen LogP contribution in [0.1, 0.15) is 5.56 Å². The Bertz CT molecular complexity index is 1120. The number of carbonyl (C=O) groups excluding carboxylic acids is 1. The first-order chi connectivity index (χ1) is 14.2. The van der Waals surface area contributed by atoms with Crippen molar-refractivity contribution in [3.8, 4) is 0 Å². The molecule has 3 rings (SSSR count). The van der Waals surface area contributed by atoms with Crippen molar-refractivity contribution >= 4 is 60.7 Å². The molecule has 0 unspecified atom stereocenters. The number of anilines is 1. The van der Waals surface area contributed by atoms with Gasteiger partial charge in [-0.15, -0.1) is 0 Å². The molecule has 156 valence electrons. The molecule has 0 saturated carbocycles. The number of nitrogens with one attached hydrogen (secondary N) is 1. The summed E-state index contributed by atoms with van der Waals surface area (Å²) in [6, 6.07) is 19.6. The summed E-state index contributed by atoms with van der Waals surface area (Å²) in [6.07, 6.45) is 0. The predicted octanol–water partition coefficient (Wildman–Crippen LogP) is 5.59. The molecule has 0 atom stereocenters. The van der Waals surface area contributed by atoms with Crippen molar-refractivity contribution in [1.82, 2.24) is 4.31 Å². The Balaban J connectivity index is 1.86. The molecule has 3 aromatic carbocycles. The first-order valence-corrected chi connectivity index (χ1v) is 11.8. The number of rotatable bonds is 7. The predicted molar refractivity (Wildman–Crippen MR) is 123 cm³/mol. The van der Waals surface area contributed by atoms with E-state index in [1.807, 2.05) is 0 Å². The van der Waals surface area contributed by atoms with Gasteiger partial charge in [0.25, 0.3) is 0 Å². The minimum absolute atomic E-state index is 0.0175. The maximum Gasteiger partial charge on any atom is 0.243 e. The molecule has 30 heavy (non-hydrogen) atoms. The van der Waals surface area contributed by atoms with E-state index in [1.54, 1.807) is 60.7 Å². The molecule has 1 amide bonds. The minimum Gasteiger partial charge on any atom is -0.325 e. The van der Waals surface area contributed by atoms with E-state index in [9.17, 15) is 13.2 Å². The van der Waals surface area contributed by atoms with E-state index in [-0.39, 0.29) is 18.0 Å². The highest BCUT2D eigenvalue weighted by atomic mass is 79.9. The topological polar surface area (TPSA) is 66.5 Å². The first kappa shape index (κ1) is 22.8. The molecule has 0 spiro atoms. The third-order valence-electron chi connectivity index (χ3n) is 4.17. The van der Waals surface area contributed by atoms with Gasteiger partial charge in [-0.2, -0.15) is 4.31 Å². The highest BCUT2D eigenvalue weighted by molar-refractivity contribution is 9.10. The van der Waals surface area contributed by atoms with E-state index >= 15 is 0 Å². The molecular weight excluding hydrogens is 511 g/mol. The lowest BCUT2D eigenvalue weighted by Gasteiger charge is -2.22. The molecule has 9 heteroatoms. The molecule has 0 radical (unpaired) electrons. The summed E-state index contributed by atoms with van der Waals surface area (Å²) in [6.45, 7) is -0.340. The summed E-state index contributed by atoms with van der Waals surface area (Å²) in [5.41, 5.74) is 1.23. The number of hydrogen-bond donors (Lipinski definition) is 1. The molecule has 0 aliphatic carbocycles. The largest absolute Gasteiger partial charge is 0.325 e. The third-order valence-corrected chi connectivity index (χ3v) is 7.01. The maximum absolute atomic E-state index is 13.2. The van der Waals surface area contributed by atoms with Gasteiger partial charge < -0.3 is 5.32 Å². The van der Waals surface area contributed by atoms with Crippen LogP contribution in [-0.4, -0.2) is 25.2 Å². The van der Waals surface area contributed by atoms with Gasteiger partial charge in [-0.25, -0.2) is 8.42 Å². The Kier molecular flexibility index (Phi) is 7.55. The Morgan fingerprint density at radius 1 is 0.867 bits per heavy atom. The SMILES string of the molecule is O=C(CN(Cc1ccc(Cl)cc1)S(=O)(=O)c1ccc(Br)cc1)Nc1ccc(Cl)cc1. The fraction of sp³-hybridized carbons (Fsp3) is 0.0952. The average Bonchev–Trinajstić information content (AvgIpc) is 2.71. The molecule has 0 heterocycles. The zero-order valence-electron chi connectivity index (χ0n) is 15.6. The van der Waals surface area contributed by atoms with Gasteiger partial charge in [-0.05, 0) is 66.2 Å². The van der Waals surface area contributed by atoms with Crippen LogP contribution in [0.5, 0.6) is 0 Å². The summed E-state index contributed by atoms with van der Waals surface area (Å²) in [4.78, 5) is 12.7. The second-order valence-electron chi connectivity index (χ2n) is 6.41. The standard InChI is InChI=1S/C21H17BrCl2N2O3S/c22-16-3-11-20(12-4-16)30(28,29)26(13-15-1-5-17(23)6-2-15)14-21(27)25-19-9-7-18(24)8-10-19/h1-12H,13-14H2,(H,25,27). The van der Waals surface area contributed by atoms with Crippen LogP contribution < -0.4 is 5.32 Å². The maximum atomic E-state index is 13.2. The van der Waals surface area contributed by atoms with Crippen molar-refractivity contribution in [2.75, 3.05) is 11.9 Å². The second-order valence-corrected chi connectivity index (χ2v) is 10.1. The molecule has 5 nitrogen and oxygen atoms in total. The minimum atomic E-state index is -3.92. The van der Waals surface area contributed by atoms with Crippen LogP contribution >= 0.6 is 39.1 Å². The van der Waals surface area contributed by atoms with Gasteiger partial charge in [0, 0.05) is 26.8 Å². The lowest BCUT2D eigenvalue weighted by molar-refractivity contribution is -0.116. The number of amides is 1. The molecule has 0 aliphatic rings. The molecule has 0 bridgehead atoms. The molecule has 0 fully saturated rings. The van der Waals surface area contributed by atoms with Crippen molar-refractivity contribution in [1.29, 1.82) is 0 Å². The fourth-order valence-corrected chi connectivity index (χ4v) is 4.57. The van der Waals surface area contributed by atoms with Crippen molar-refractivity contribution in [2.45, 2.75) is 11.4 Å². The molecular formula is C21H17BrCl2N2O3S. The van der Waals surface area contributed by atoms with Gasteiger partial charge in [0.1, 0.15) is 0 Å². The van der Waals surface area contributed by atoms with Crippen molar-refractivity contribution in [3.63, 3.8) is 0 Å². The van der Waals surface area contributed by atoms with Gasteiger partial charge in [0.05, 0.1) is 11.4 Å². The summed E-state index contributed by atoms with van der Waals surface area (Å²) in [7, 11) is -3.92. The first-order valence-electron chi connectivity index (χ1n) is 8.79. The number of nitrogens with zero attached hydrogens (tertiary/aromatic N) is 1. The third kappa shape index (κ3) is 6.06. The van der Waals surface area contributed by atoms with Crippen LogP contribution in [0, 0.1) is 0 Å². The Morgan fingerprint density at radius 2 is 1.40 bits per heavy atom. The molecule has 0 saturated heterocycles. The molecule has 0 aliphatic heterocycles. The Hall–Kier alpha value is -1.90. The zero-order chi connectivity index (χ0) is 21.7.